The molecule has 9 nitrogen and oxygen atoms in total. The van der Waals surface area contributed by atoms with Gasteiger partial charge in [0.2, 0.25) is 12.8 Å². The highest BCUT2D eigenvalue weighted by molar-refractivity contribution is 6.30. The number of likely N-dealkylation sites (tertiary alicyclic amines) is 1. The molecule has 0 spiro atoms. The third-order valence-electron chi connectivity index (χ3n) is 5.18. The van der Waals surface area contributed by atoms with Gasteiger partial charge in [-0.1, -0.05) is 41.0 Å². The number of carbonyl (C=O) groups excluding carboxylic acids is 2. The number of aliphatic hydroxyl groups excluding tert-OH is 1. The van der Waals surface area contributed by atoms with Crippen molar-refractivity contribution < 1.29 is 28.7 Å². The molecule has 176 valence electrons. The zero-order chi connectivity index (χ0) is 24.0. The van der Waals surface area contributed by atoms with Crippen LogP contribution in [0.4, 0.5) is 4.39 Å². The summed E-state index contributed by atoms with van der Waals surface area (Å²) in [4.78, 5) is 31.3. The molecule has 2 atom stereocenters. The molecule has 1 heterocycles. The maximum atomic E-state index is 12.8. The number of hydrogen-bond donors (Lipinski definition) is 3. The third kappa shape index (κ3) is 5.91. The number of nitrogens with zero attached hydrogens (tertiary/aromatic N) is 2. The lowest BCUT2D eigenvalue weighted by atomic mass is 9.98. The van der Waals surface area contributed by atoms with Gasteiger partial charge in [0, 0.05) is 23.7 Å². The SMILES string of the molecule is CO/N=C(/N)c1ccc(CNC(=O)C2CCN2C(=O)C(O)c2cc(Cl)cc(OCF)c2)cc1. The molecular weight excluding hydrogens is 455 g/mol. The van der Waals surface area contributed by atoms with Crippen LogP contribution in [0.15, 0.2) is 47.6 Å². The predicted molar refractivity (Wildman–Crippen MR) is 119 cm³/mol. The predicted octanol–water partition coefficient (Wildman–Crippen LogP) is 1.86. The Morgan fingerprint density at radius 1 is 1.33 bits per heavy atom. The van der Waals surface area contributed by atoms with Crippen molar-refractivity contribution in [1.29, 1.82) is 0 Å². The van der Waals surface area contributed by atoms with E-state index in [2.05, 4.69) is 15.3 Å². The molecule has 2 amide bonds. The highest BCUT2D eigenvalue weighted by atomic mass is 35.5. The van der Waals surface area contributed by atoms with Crippen molar-refractivity contribution in [1.82, 2.24) is 10.2 Å². The molecule has 1 fully saturated rings. The number of nitrogens with two attached hydrogens (primary N) is 1. The molecule has 2 unspecified atom stereocenters. The Hall–Kier alpha value is -3.37. The van der Waals surface area contributed by atoms with Gasteiger partial charge < -0.3 is 30.6 Å². The van der Waals surface area contributed by atoms with E-state index in [0.29, 0.717) is 18.5 Å². The zero-order valence-electron chi connectivity index (χ0n) is 17.8. The quantitative estimate of drug-likeness (QED) is 0.287. The van der Waals surface area contributed by atoms with E-state index in [1.165, 1.54) is 30.2 Å². The van der Waals surface area contributed by atoms with Crippen LogP contribution in [0, 0.1) is 0 Å². The van der Waals surface area contributed by atoms with Crippen molar-refractivity contribution in [2.75, 3.05) is 20.5 Å². The zero-order valence-corrected chi connectivity index (χ0v) is 18.6. The lowest BCUT2D eigenvalue weighted by Crippen LogP contribution is -2.59. The second-order valence-electron chi connectivity index (χ2n) is 7.29. The third-order valence-corrected chi connectivity index (χ3v) is 5.39. The number of amidine groups is 1. The van der Waals surface area contributed by atoms with Gasteiger partial charge in [0.05, 0.1) is 0 Å². The summed E-state index contributed by atoms with van der Waals surface area (Å²) in [6.07, 6.45) is -1.09. The summed E-state index contributed by atoms with van der Waals surface area (Å²) in [5, 5.41) is 17.1. The van der Waals surface area contributed by atoms with Crippen molar-refractivity contribution in [3.8, 4) is 5.75 Å². The number of aliphatic hydroxyl groups is 1. The van der Waals surface area contributed by atoms with Gasteiger partial charge in [0.25, 0.3) is 5.91 Å². The first-order valence-electron chi connectivity index (χ1n) is 10.1. The van der Waals surface area contributed by atoms with Gasteiger partial charge >= 0.3 is 0 Å². The van der Waals surface area contributed by atoms with Crippen LogP contribution in [0.5, 0.6) is 5.75 Å². The second kappa shape index (κ2) is 11.0. The summed E-state index contributed by atoms with van der Waals surface area (Å²) in [6.45, 7) is -0.496. The maximum absolute atomic E-state index is 12.8. The van der Waals surface area contributed by atoms with E-state index in [0.717, 1.165) is 5.56 Å². The number of alkyl halides is 1. The molecule has 33 heavy (non-hydrogen) atoms. The van der Waals surface area contributed by atoms with E-state index in [9.17, 15) is 19.1 Å². The highest BCUT2D eigenvalue weighted by Gasteiger charge is 2.40. The lowest BCUT2D eigenvalue weighted by Gasteiger charge is -2.40. The number of halogens is 2. The van der Waals surface area contributed by atoms with E-state index >= 15 is 0 Å². The van der Waals surface area contributed by atoms with Gasteiger partial charge in [-0.15, -0.1) is 0 Å². The molecule has 0 radical (unpaired) electrons. The smallest absolute Gasteiger partial charge is 0.256 e. The van der Waals surface area contributed by atoms with E-state index in [1.807, 2.05) is 0 Å². The number of carbonyl (C=O) groups is 2. The number of oxime groups is 1. The fourth-order valence-electron chi connectivity index (χ4n) is 3.36. The van der Waals surface area contributed by atoms with E-state index in [4.69, 9.17) is 22.1 Å². The molecule has 0 saturated carbocycles. The Kier molecular flexibility index (Phi) is 8.07. The minimum atomic E-state index is -1.56. The van der Waals surface area contributed by atoms with Crippen LogP contribution in [0.25, 0.3) is 0 Å². The van der Waals surface area contributed by atoms with Gasteiger partial charge in [-0.05, 0) is 35.7 Å². The Morgan fingerprint density at radius 2 is 2.06 bits per heavy atom. The van der Waals surface area contributed by atoms with Gasteiger partial charge in [-0.25, -0.2) is 4.39 Å². The van der Waals surface area contributed by atoms with E-state index in [1.54, 1.807) is 24.3 Å². The summed E-state index contributed by atoms with van der Waals surface area (Å²) in [7, 11) is 1.40. The Labute approximate surface area is 194 Å². The molecule has 4 N–H and O–H groups in total. The molecule has 1 aliphatic heterocycles. The average Bonchev–Trinajstić information content (AvgIpc) is 2.76. The fraction of sp³-hybridized carbons (Fsp3) is 0.318. The first-order valence-corrected chi connectivity index (χ1v) is 10.4. The fourth-order valence-corrected chi connectivity index (χ4v) is 3.60. The van der Waals surface area contributed by atoms with E-state index < -0.39 is 24.9 Å². The highest BCUT2D eigenvalue weighted by Crippen LogP contribution is 2.29. The van der Waals surface area contributed by atoms with Crippen molar-refractivity contribution in [3.05, 3.63) is 64.2 Å². The molecule has 2 aromatic carbocycles. The molecule has 2 aromatic rings. The lowest BCUT2D eigenvalue weighted by molar-refractivity contribution is -0.154. The van der Waals surface area contributed by atoms with Gasteiger partial charge in [0.15, 0.2) is 11.9 Å². The first kappa shape index (κ1) is 24.3. The summed E-state index contributed by atoms with van der Waals surface area (Å²) in [5.41, 5.74) is 7.41. The van der Waals surface area contributed by atoms with Crippen molar-refractivity contribution in [3.63, 3.8) is 0 Å². The number of amides is 2. The van der Waals surface area contributed by atoms with Crippen molar-refractivity contribution in [2.45, 2.75) is 25.1 Å². The Balaban J connectivity index is 1.58. The second-order valence-corrected chi connectivity index (χ2v) is 7.72. The Bertz CT molecular complexity index is 1030. The van der Waals surface area contributed by atoms with Gasteiger partial charge in [-0.3, -0.25) is 9.59 Å². The number of nitrogens with one attached hydrogen (secondary N) is 1. The van der Waals surface area contributed by atoms with E-state index in [-0.39, 0.29) is 34.6 Å². The minimum Gasteiger partial charge on any atom is -0.463 e. The summed E-state index contributed by atoms with van der Waals surface area (Å²) < 4.78 is 17.2. The van der Waals surface area contributed by atoms with Crippen molar-refractivity contribution >= 4 is 29.3 Å². The number of hydrogen-bond acceptors (Lipinski definition) is 6. The van der Waals surface area contributed by atoms with Crippen LogP contribution in [-0.4, -0.2) is 54.2 Å². The van der Waals surface area contributed by atoms with Crippen LogP contribution < -0.4 is 15.8 Å². The molecule has 1 aliphatic rings. The normalized spacial score (nSPS) is 16.5. The van der Waals surface area contributed by atoms with Gasteiger partial charge in [-0.2, -0.15) is 0 Å². The first-order chi connectivity index (χ1) is 15.8. The topological polar surface area (TPSA) is 126 Å². The van der Waals surface area contributed by atoms with Crippen LogP contribution in [-0.2, 0) is 21.0 Å². The molecule has 0 aromatic heterocycles. The van der Waals surface area contributed by atoms with Crippen LogP contribution >= 0.6 is 11.6 Å². The molecule has 1 saturated heterocycles. The van der Waals surface area contributed by atoms with Gasteiger partial charge in [0.1, 0.15) is 18.9 Å². The number of rotatable bonds is 9. The van der Waals surface area contributed by atoms with Crippen LogP contribution in [0.3, 0.4) is 0 Å². The molecule has 11 heteroatoms. The van der Waals surface area contributed by atoms with Crippen molar-refractivity contribution in [2.24, 2.45) is 10.9 Å². The Morgan fingerprint density at radius 3 is 2.67 bits per heavy atom. The van der Waals surface area contributed by atoms with Crippen LogP contribution in [0.2, 0.25) is 5.02 Å². The minimum absolute atomic E-state index is 0.0889. The molecule has 0 bridgehead atoms. The molecular formula is C22H24ClFN4O5. The molecule has 3 rings (SSSR count). The summed E-state index contributed by atoms with van der Waals surface area (Å²) in [6, 6.07) is 10.5. The molecule has 0 aliphatic carbocycles. The summed E-state index contributed by atoms with van der Waals surface area (Å²) in [5.74, 6) is -0.657. The maximum Gasteiger partial charge on any atom is 0.256 e. The average molecular weight is 479 g/mol. The summed E-state index contributed by atoms with van der Waals surface area (Å²) >= 11 is 5.96. The largest absolute Gasteiger partial charge is 0.463 e. The standard InChI is InChI=1S/C22H24ClFN4O5/c1-32-27-20(25)14-4-2-13(3-5-14)11-26-21(30)18-6-7-28(18)22(31)19(29)15-8-16(23)10-17(9-15)33-12-24/h2-5,8-10,18-19,29H,6-7,11-12H2,1H3,(H2,25,27)(H,26,30). The monoisotopic (exact) mass is 478 g/mol. The number of benzene rings is 2. The number of ether oxygens (including phenoxy) is 1. The van der Waals surface area contributed by atoms with Crippen LogP contribution in [0.1, 0.15) is 29.2 Å².